The molecule has 0 aromatic rings. The Kier molecular flexibility index (Phi) is 18.8. The lowest BCUT2D eigenvalue weighted by Gasteiger charge is -2.16. The average Bonchev–Trinajstić information content (AvgIpc) is 2.51. The Labute approximate surface area is 137 Å². The summed E-state index contributed by atoms with van der Waals surface area (Å²) in [5, 5.41) is 37.2. The van der Waals surface area contributed by atoms with Crippen LogP contribution < -0.4 is 0 Å². The van der Waals surface area contributed by atoms with Crippen LogP contribution in [-0.2, 0) is 0 Å². The maximum atomic E-state index is 9.33. The van der Waals surface area contributed by atoms with Crippen LogP contribution in [0.3, 0.4) is 0 Å². The van der Waals surface area contributed by atoms with Gasteiger partial charge in [-0.2, -0.15) is 0 Å². The molecule has 0 heterocycles. The van der Waals surface area contributed by atoms with Crippen LogP contribution in [0.2, 0.25) is 0 Å². The van der Waals surface area contributed by atoms with Gasteiger partial charge in [0.05, 0.1) is 24.4 Å². The van der Waals surface area contributed by atoms with Crippen molar-refractivity contribution in [2.75, 3.05) is 0 Å². The van der Waals surface area contributed by atoms with E-state index >= 15 is 0 Å². The maximum Gasteiger partial charge on any atom is 0.0799 e. The third kappa shape index (κ3) is 14.8. The fraction of sp³-hybridized carbons (Fsp3) is 1.00. The summed E-state index contributed by atoms with van der Waals surface area (Å²) in [4.78, 5) is 0. The van der Waals surface area contributed by atoms with Gasteiger partial charge >= 0.3 is 0 Å². The summed E-state index contributed by atoms with van der Waals surface area (Å²) < 4.78 is 0. The summed E-state index contributed by atoms with van der Waals surface area (Å²) >= 11 is 0. The molecule has 4 atom stereocenters. The van der Waals surface area contributed by atoms with Gasteiger partial charge in [0, 0.05) is 0 Å². The minimum atomic E-state index is -0.508. The van der Waals surface area contributed by atoms with Gasteiger partial charge in [-0.15, -0.1) is 0 Å². The van der Waals surface area contributed by atoms with E-state index in [0.29, 0.717) is 12.8 Å². The lowest BCUT2D eigenvalue weighted by atomic mass is 10.0. The van der Waals surface area contributed by atoms with Crippen molar-refractivity contribution in [3.05, 3.63) is 0 Å². The van der Waals surface area contributed by atoms with Gasteiger partial charge in [0.1, 0.15) is 0 Å². The third-order valence-corrected chi connectivity index (χ3v) is 3.76. The Hall–Kier alpha value is -0.160. The number of hydrogen-bond acceptors (Lipinski definition) is 4. The monoisotopic (exact) mass is 320 g/mol. The Bertz CT molecular complexity index is 189. The molecule has 0 saturated carbocycles. The molecule has 4 N–H and O–H groups in total. The van der Waals surface area contributed by atoms with E-state index in [0.717, 1.165) is 51.4 Å². The molecule has 0 saturated heterocycles. The van der Waals surface area contributed by atoms with Crippen molar-refractivity contribution in [1.29, 1.82) is 0 Å². The molecule has 0 fully saturated rings. The second kappa shape index (κ2) is 17.2. The molecule has 0 bridgehead atoms. The summed E-state index contributed by atoms with van der Waals surface area (Å²) in [6.45, 7) is 8.18. The van der Waals surface area contributed by atoms with E-state index in [1.165, 1.54) is 0 Å². The van der Waals surface area contributed by atoms with E-state index in [-0.39, 0.29) is 0 Å². The van der Waals surface area contributed by atoms with Crippen LogP contribution >= 0.6 is 0 Å². The van der Waals surface area contributed by atoms with Crippen LogP contribution in [0.1, 0.15) is 91.9 Å². The largest absolute Gasteiger partial charge is 0.390 e. The van der Waals surface area contributed by atoms with E-state index in [9.17, 15) is 20.4 Å². The van der Waals surface area contributed by atoms with Crippen LogP contribution in [0.25, 0.3) is 0 Å². The minimum absolute atomic E-state index is 0.505. The predicted octanol–water partition coefficient (Wildman–Crippen LogP) is 3.40. The number of aliphatic hydroxyl groups is 4. The van der Waals surface area contributed by atoms with Gasteiger partial charge in [0.15, 0.2) is 0 Å². The van der Waals surface area contributed by atoms with Crippen molar-refractivity contribution < 1.29 is 20.4 Å². The highest BCUT2D eigenvalue weighted by atomic mass is 16.3. The molecule has 0 aromatic heterocycles. The van der Waals surface area contributed by atoms with Crippen molar-refractivity contribution in [2.45, 2.75) is 116 Å². The molecule has 0 spiro atoms. The first-order valence-corrected chi connectivity index (χ1v) is 9.16. The Morgan fingerprint density at radius 2 is 0.727 bits per heavy atom. The Balaban J connectivity index is 0. The third-order valence-electron chi connectivity index (χ3n) is 3.76. The summed E-state index contributed by atoms with van der Waals surface area (Å²) in [7, 11) is 0. The fourth-order valence-corrected chi connectivity index (χ4v) is 2.19. The Morgan fingerprint density at radius 3 is 0.955 bits per heavy atom. The SMILES string of the molecule is CCCCC(O)C(O)CCC.CCCCC(O)C(O)CCC. The average molecular weight is 321 g/mol. The zero-order valence-electron chi connectivity index (χ0n) is 15.2. The number of rotatable bonds is 12. The molecule has 0 aromatic carbocycles. The van der Waals surface area contributed by atoms with Gasteiger partial charge in [0.2, 0.25) is 0 Å². The smallest absolute Gasteiger partial charge is 0.0799 e. The van der Waals surface area contributed by atoms with E-state index in [1.54, 1.807) is 0 Å². The van der Waals surface area contributed by atoms with E-state index in [4.69, 9.17) is 0 Å². The zero-order chi connectivity index (χ0) is 17.4. The summed E-state index contributed by atoms with van der Waals surface area (Å²) in [5.41, 5.74) is 0. The lowest BCUT2D eigenvalue weighted by Crippen LogP contribution is -2.25. The number of aliphatic hydroxyl groups excluding tert-OH is 4. The van der Waals surface area contributed by atoms with Gasteiger partial charge in [-0.25, -0.2) is 0 Å². The summed E-state index contributed by atoms with van der Waals surface area (Å²) in [6.07, 6.45) is 6.90. The molecule has 136 valence electrons. The molecule has 0 amide bonds. The first-order valence-electron chi connectivity index (χ1n) is 9.16. The zero-order valence-corrected chi connectivity index (χ0v) is 15.2. The first kappa shape index (κ1) is 24.1. The molecule has 0 rings (SSSR count). The molecule has 4 heteroatoms. The van der Waals surface area contributed by atoms with E-state index < -0.39 is 24.4 Å². The van der Waals surface area contributed by atoms with Gasteiger partial charge in [-0.05, 0) is 25.7 Å². The molecule has 0 aliphatic carbocycles. The van der Waals surface area contributed by atoms with Crippen molar-refractivity contribution in [2.24, 2.45) is 0 Å². The fourth-order valence-electron chi connectivity index (χ4n) is 2.19. The lowest BCUT2D eigenvalue weighted by molar-refractivity contribution is 0.00843. The number of unbranched alkanes of at least 4 members (excludes halogenated alkanes) is 2. The van der Waals surface area contributed by atoms with E-state index in [1.807, 2.05) is 13.8 Å². The second-order valence-electron chi connectivity index (χ2n) is 6.13. The van der Waals surface area contributed by atoms with Gasteiger partial charge in [-0.1, -0.05) is 66.2 Å². The topological polar surface area (TPSA) is 80.9 Å². The van der Waals surface area contributed by atoms with Gasteiger partial charge in [-0.3, -0.25) is 0 Å². The van der Waals surface area contributed by atoms with Gasteiger partial charge in [0.25, 0.3) is 0 Å². The second-order valence-corrected chi connectivity index (χ2v) is 6.13. The van der Waals surface area contributed by atoms with Crippen molar-refractivity contribution in [3.8, 4) is 0 Å². The molecule has 22 heavy (non-hydrogen) atoms. The minimum Gasteiger partial charge on any atom is -0.390 e. The van der Waals surface area contributed by atoms with Gasteiger partial charge < -0.3 is 20.4 Å². The Morgan fingerprint density at radius 1 is 0.455 bits per heavy atom. The highest BCUT2D eigenvalue weighted by molar-refractivity contribution is 4.66. The molecular weight excluding hydrogens is 280 g/mol. The van der Waals surface area contributed by atoms with Crippen LogP contribution in [0.5, 0.6) is 0 Å². The van der Waals surface area contributed by atoms with Crippen LogP contribution in [0.4, 0.5) is 0 Å². The van der Waals surface area contributed by atoms with Crippen molar-refractivity contribution in [3.63, 3.8) is 0 Å². The maximum absolute atomic E-state index is 9.33. The standard InChI is InChI=1S/2C9H20O2/c2*1-3-5-7-9(11)8(10)6-4-2/h2*8-11H,3-7H2,1-2H3. The normalized spacial score (nSPS) is 16.4. The first-order chi connectivity index (χ1) is 10.4. The van der Waals surface area contributed by atoms with E-state index in [2.05, 4.69) is 13.8 Å². The molecular formula is C18H40O4. The molecule has 0 radical (unpaired) electrons. The quantitative estimate of drug-likeness (QED) is 0.444. The van der Waals surface area contributed by atoms with Crippen LogP contribution in [0.15, 0.2) is 0 Å². The highest BCUT2D eigenvalue weighted by Crippen LogP contribution is 2.09. The van der Waals surface area contributed by atoms with Crippen molar-refractivity contribution >= 4 is 0 Å². The molecule has 0 aliphatic rings. The predicted molar refractivity (Wildman–Crippen MR) is 92.9 cm³/mol. The van der Waals surface area contributed by atoms with Crippen LogP contribution in [0, 0.1) is 0 Å². The molecule has 4 unspecified atom stereocenters. The summed E-state index contributed by atoms with van der Waals surface area (Å²) in [5.74, 6) is 0. The summed E-state index contributed by atoms with van der Waals surface area (Å²) in [6, 6.07) is 0. The number of hydrogen-bond donors (Lipinski definition) is 4. The molecule has 0 aliphatic heterocycles. The van der Waals surface area contributed by atoms with Crippen molar-refractivity contribution in [1.82, 2.24) is 0 Å². The van der Waals surface area contributed by atoms with Crippen LogP contribution in [-0.4, -0.2) is 44.8 Å². The highest BCUT2D eigenvalue weighted by Gasteiger charge is 2.14. The molecule has 4 nitrogen and oxygen atoms in total.